The number of hydrogen-bond donors (Lipinski definition) is 2. The van der Waals surface area contributed by atoms with Crippen LogP contribution in [0.5, 0.6) is 0 Å². The average molecular weight is 359 g/mol. The van der Waals surface area contributed by atoms with Crippen molar-refractivity contribution in [3.8, 4) is 0 Å². The van der Waals surface area contributed by atoms with Crippen LogP contribution in [0, 0.1) is 15.9 Å². The van der Waals surface area contributed by atoms with Crippen LogP contribution in [-0.2, 0) is 6.18 Å². The number of nitrogens with zero attached hydrogens (tertiary/aromatic N) is 1. The monoisotopic (exact) mass is 359 g/mol. The summed E-state index contributed by atoms with van der Waals surface area (Å²) in [5.41, 5.74) is -1.91. The quantitative estimate of drug-likeness (QED) is 0.364. The second kappa shape index (κ2) is 6.79. The van der Waals surface area contributed by atoms with Gasteiger partial charge in [0.15, 0.2) is 5.11 Å². The second-order valence-corrected chi connectivity index (χ2v) is 4.95. The average Bonchev–Trinajstić information content (AvgIpc) is 2.48. The number of para-hydroxylation sites is 1. The number of nitro groups is 1. The van der Waals surface area contributed by atoms with Crippen molar-refractivity contribution in [2.45, 2.75) is 6.18 Å². The predicted molar refractivity (Wildman–Crippen MR) is 84.3 cm³/mol. The van der Waals surface area contributed by atoms with Crippen molar-refractivity contribution in [1.82, 2.24) is 0 Å². The molecule has 0 aliphatic carbocycles. The first-order chi connectivity index (χ1) is 11.2. The first-order valence-corrected chi connectivity index (χ1v) is 6.77. The fraction of sp³-hybridized carbons (Fsp3) is 0.0714. The molecule has 0 aliphatic rings. The Morgan fingerprint density at radius 3 is 2.42 bits per heavy atom. The summed E-state index contributed by atoms with van der Waals surface area (Å²) in [5.74, 6) is -1.04. The summed E-state index contributed by atoms with van der Waals surface area (Å²) >= 11 is 4.89. The maximum Gasteiger partial charge on any atom is 0.418 e. The van der Waals surface area contributed by atoms with Crippen molar-refractivity contribution in [3.05, 3.63) is 64.0 Å². The van der Waals surface area contributed by atoms with Gasteiger partial charge in [-0.2, -0.15) is 17.6 Å². The molecule has 2 aromatic rings. The Morgan fingerprint density at radius 2 is 1.79 bits per heavy atom. The van der Waals surface area contributed by atoms with Crippen molar-refractivity contribution in [1.29, 1.82) is 0 Å². The van der Waals surface area contributed by atoms with Gasteiger partial charge in [-0.25, -0.2) is 0 Å². The Hall–Kier alpha value is -2.75. The third kappa shape index (κ3) is 4.16. The molecule has 0 radical (unpaired) electrons. The number of nitrogens with one attached hydrogen (secondary N) is 2. The number of benzene rings is 2. The van der Waals surface area contributed by atoms with Crippen LogP contribution < -0.4 is 10.6 Å². The fourth-order valence-electron chi connectivity index (χ4n) is 1.85. The lowest BCUT2D eigenvalue weighted by Crippen LogP contribution is -2.21. The number of anilines is 2. The Morgan fingerprint density at radius 1 is 1.12 bits per heavy atom. The smallest absolute Gasteiger partial charge is 0.332 e. The third-order valence-electron chi connectivity index (χ3n) is 2.88. The lowest BCUT2D eigenvalue weighted by Gasteiger charge is -2.15. The van der Waals surface area contributed by atoms with Crippen molar-refractivity contribution in [2.75, 3.05) is 10.6 Å². The molecule has 0 spiro atoms. The molecule has 0 aromatic heterocycles. The van der Waals surface area contributed by atoms with E-state index >= 15 is 0 Å². The third-order valence-corrected chi connectivity index (χ3v) is 3.09. The van der Waals surface area contributed by atoms with Crippen LogP contribution >= 0.6 is 12.2 Å². The Kier molecular flexibility index (Phi) is 4.98. The van der Waals surface area contributed by atoms with Crippen LogP contribution in [0.15, 0.2) is 42.5 Å². The summed E-state index contributed by atoms with van der Waals surface area (Å²) in [6, 6.07) is 7.60. The molecule has 0 atom stereocenters. The summed E-state index contributed by atoms with van der Waals surface area (Å²) in [6.45, 7) is 0. The number of nitro benzene ring substituents is 1. The highest BCUT2D eigenvalue weighted by atomic mass is 32.1. The van der Waals surface area contributed by atoms with Crippen LogP contribution in [0.3, 0.4) is 0 Å². The topological polar surface area (TPSA) is 67.2 Å². The minimum Gasteiger partial charge on any atom is -0.332 e. The first-order valence-electron chi connectivity index (χ1n) is 6.36. The van der Waals surface area contributed by atoms with Crippen molar-refractivity contribution >= 4 is 34.4 Å². The van der Waals surface area contributed by atoms with Gasteiger partial charge in [-0.1, -0.05) is 12.1 Å². The number of alkyl halides is 3. The molecule has 0 bridgehead atoms. The minimum absolute atomic E-state index is 0.0603. The summed E-state index contributed by atoms with van der Waals surface area (Å²) in [6.07, 6.45) is -4.58. The van der Waals surface area contributed by atoms with E-state index < -0.39 is 28.2 Å². The van der Waals surface area contributed by atoms with E-state index in [1.165, 1.54) is 24.3 Å². The van der Waals surface area contributed by atoms with Crippen LogP contribution in [0.2, 0.25) is 0 Å². The molecule has 0 saturated heterocycles. The van der Waals surface area contributed by atoms with Gasteiger partial charge in [-0.05, 0) is 36.5 Å². The maximum atomic E-state index is 13.2. The first kappa shape index (κ1) is 17.6. The molecule has 126 valence electrons. The van der Waals surface area contributed by atoms with Gasteiger partial charge in [0.2, 0.25) is 5.82 Å². The molecule has 5 nitrogen and oxygen atoms in total. The summed E-state index contributed by atoms with van der Waals surface area (Å²) in [7, 11) is 0. The van der Waals surface area contributed by atoms with Gasteiger partial charge in [0.25, 0.3) is 0 Å². The molecule has 0 heterocycles. The van der Waals surface area contributed by atoms with E-state index in [0.29, 0.717) is 0 Å². The van der Waals surface area contributed by atoms with Crippen molar-refractivity contribution in [3.63, 3.8) is 0 Å². The molecule has 2 rings (SSSR count). The van der Waals surface area contributed by atoms with Crippen LogP contribution in [0.1, 0.15) is 5.56 Å². The van der Waals surface area contributed by atoms with Gasteiger partial charge in [0.05, 0.1) is 16.2 Å². The minimum atomic E-state index is -4.58. The highest BCUT2D eigenvalue weighted by Crippen LogP contribution is 2.34. The molecule has 2 N–H and O–H groups in total. The van der Waals surface area contributed by atoms with E-state index in [1.807, 2.05) is 0 Å². The van der Waals surface area contributed by atoms with Gasteiger partial charge in [0.1, 0.15) is 0 Å². The largest absolute Gasteiger partial charge is 0.418 e. The van der Waals surface area contributed by atoms with Crippen LogP contribution in [-0.4, -0.2) is 10.0 Å². The number of thiocarbonyl (C=S) groups is 1. The van der Waals surface area contributed by atoms with E-state index in [-0.39, 0.29) is 16.5 Å². The van der Waals surface area contributed by atoms with Gasteiger partial charge in [-0.15, -0.1) is 0 Å². The lowest BCUT2D eigenvalue weighted by atomic mass is 10.1. The normalized spacial score (nSPS) is 11.0. The van der Waals surface area contributed by atoms with Crippen LogP contribution in [0.4, 0.5) is 34.6 Å². The number of hydrogen-bond acceptors (Lipinski definition) is 3. The molecule has 2 aromatic carbocycles. The highest BCUT2D eigenvalue weighted by Gasteiger charge is 2.33. The van der Waals surface area contributed by atoms with Crippen molar-refractivity contribution < 1.29 is 22.5 Å². The molecular formula is C14H9F4N3O2S. The fourth-order valence-corrected chi connectivity index (χ4v) is 2.08. The molecule has 10 heteroatoms. The van der Waals surface area contributed by atoms with E-state index in [4.69, 9.17) is 12.2 Å². The Balaban J connectivity index is 2.18. The molecule has 0 saturated carbocycles. The lowest BCUT2D eigenvalue weighted by molar-refractivity contribution is -0.387. The van der Waals surface area contributed by atoms with E-state index in [2.05, 4.69) is 10.6 Å². The maximum absolute atomic E-state index is 13.2. The van der Waals surface area contributed by atoms with Crippen molar-refractivity contribution in [2.24, 2.45) is 0 Å². The zero-order valence-corrected chi connectivity index (χ0v) is 12.5. The van der Waals surface area contributed by atoms with E-state index in [1.54, 1.807) is 0 Å². The van der Waals surface area contributed by atoms with Gasteiger partial charge in [-0.3, -0.25) is 10.1 Å². The summed E-state index contributed by atoms with van der Waals surface area (Å²) in [4.78, 5) is 9.75. The zero-order valence-electron chi connectivity index (χ0n) is 11.7. The standard InChI is InChI=1S/C14H9F4N3O2S/c15-10-6-5-8(7-12(10)21(22)23)19-13(24)20-11-4-2-1-3-9(11)14(16,17)18/h1-7H,(H2,19,20,24). The molecule has 0 aliphatic heterocycles. The second-order valence-electron chi connectivity index (χ2n) is 4.55. The number of rotatable bonds is 3. The van der Waals surface area contributed by atoms with Gasteiger partial charge < -0.3 is 10.6 Å². The molecule has 0 fully saturated rings. The highest BCUT2D eigenvalue weighted by molar-refractivity contribution is 7.80. The van der Waals surface area contributed by atoms with E-state index in [0.717, 1.165) is 18.2 Å². The molecule has 0 amide bonds. The summed E-state index contributed by atoms with van der Waals surface area (Å²) < 4.78 is 51.9. The Labute approximate surface area is 138 Å². The molecule has 24 heavy (non-hydrogen) atoms. The van der Waals surface area contributed by atoms with E-state index in [9.17, 15) is 27.7 Å². The SMILES string of the molecule is O=[N+]([O-])c1cc(NC(=S)Nc2ccccc2C(F)(F)F)ccc1F. The predicted octanol–water partition coefficient (Wildman–Crippen LogP) is 4.56. The summed E-state index contributed by atoms with van der Waals surface area (Å²) in [5, 5.41) is 15.3. The molecular weight excluding hydrogens is 350 g/mol. The zero-order chi connectivity index (χ0) is 17.9. The van der Waals surface area contributed by atoms with Gasteiger partial charge >= 0.3 is 11.9 Å². The molecule has 0 unspecified atom stereocenters. The Bertz CT molecular complexity index is 796. The van der Waals surface area contributed by atoms with Gasteiger partial charge in [0, 0.05) is 11.8 Å². The number of halogens is 4. The van der Waals surface area contributed by atoms with Crippen LogP contribution in [0.25, 0.3) is 0 Å².